The van der Waals surface area contributed by atoms with Crippen LogP contribution in [0, 0.1) is 11.8 Å². The summed E-state index contributed by atoms with van der Waals surface area (Å²) >= 11 is 0. The fourth-order valence-corrected chi connectivity index (χ4v) is 5.00. The average molecular weight is 421 g/mol. The van der Waals surface area contributed by atoms with Crippen molar-refractivity contribution in [3.8, 4) is 5.75 Å². The first-order valence-corrected chi connectivity index (χ1v) is 9.84. The number of benzene rings is 2. The monoisotopic (exact) mass is 421 g/mol. The van der Waals surface area contributed by atoms with Crippen LogP contribution in [0.1, 0.15) is 12.5 Å². The summed E-state index contributed by atoms with van der Waals surface area (Å²) in [5.74, 6) is -3.54. The highest BCUT2D eigenvalue weighted by Gasteiger charge is 2.70. The van der Waals surface area contributed by atoms with Gasteiger partial charge in [0.2, 0.25) is 17.7 Å². The molecular formula is C22H19N3O6. The molecular weight excluding hydrogens is 402 g/mol. The summed E-state index contributed by atoms with van der Waals surface area (Å²) in [6, 6.07) is 12.2. The Morgan fingerprint density at radius 3 is 2.48 bits per heavy atom. The van der Waals surface area contributed by atoms with Gasteiger partial charge in [0.25, 0.3) is 0 Å². The first kappa shape index (κ1) is 19.4. The van der Waals surface area contributed by atoms with Crippen molar-refractivity contribution >= 4 is 35.1 Å². The molecule has 2 fully saturated rings. The van der Waals surface area contributed by atoms with Crippen LogP contribution in [-0.4, -0.2) is 41.4 Å². The maximum absolute atomic E-state index is 13.6. The van der Waals surface area contributed by atoms with Crippen LogP contribution in [-0.2, 0) is 24.7 Å². The van der Waals surface area contributed by atoms with Gasteiger partial charge < -0.3 is 15.2 Å². The molecule has 31 heavy (non-hydrogen) atoms. The first-order valence-electron chi connectivity index (χ1n) is 9.84. The number of imide groups is 1. The quantitative estimate of drug-likeness (QED) is 0.375. The number of hydrogen-bond acceptors (Lipinski definition) is 7. The number of anilines is 2. The van der Waals surface area contributed by atoms with E-state index in [4.69, 9.17) is 4.74 Å². The highest BCUT2D eigenvalue weighted by atomic mass is 16.5. The van der Waals surface area contributed by atoms with E-state index < -0.39 is 53.7 Å². The number of carbonyl (C=O) groups is 4. The van der Waals surface area contributed by atoms with Crippen LogP contribution in [0.2, 0.25) is 0 Å². The normalized spacial score (nSPS) is 28.6. The summed E-state index contributed by atoms with van der Waals surface area (Å²) in [6.45, 7) is 0.866. The van der Waals surface area contributed by atoms with E-state index >= 15 is 0 Å². The molecule has 4 unspecified atom stereocenters. The zero-order valence-corrected chi connectivity index (χ0v) is 16.5. The number of amides is 3. The maximum Gasteiger partial charge on any atom is 0.308 e. The van der Waals surface area contributed by atoms with Gasteiger partial charge in [-0.15, -0.1) is 0 Å². The molecule has 0 bridgehead atoms. The van der Waals surface area contributed by atoms with Crippen LogP contribution in [0.15, 0.2) is 48.5 Å². The number of fused-ring (bicyclic) bond motifs is 4. The van der Waals surface area contributed by atoms with Crippen molar-refractivity contribution in [2.75, 3.05) is 16.8 Å². The van der Waals surface area contributed by atoms with Gasteiger partial charge in [-0.2, -0.15) is 0 Å². The van der Waals surface area contributed by atoms with Crippen LogP contribution in [0.3, 0.4) is 0 Å². The Labute approximate surface area is 177 Å². The van der Waals surface area contributed by atoms with Crippen molar-refractivity contribution in [1.29, 1.82) is 0 Å². The van der Waals surface area contributed by atoms with Gasteiger partial charge >= 0.3 is 5.97 Å². The van der Waals surface area contributed by atoms with Gasteiger partial charge in [-0.05, 0) is 30.3 Å². The van der Waals surface area contributed by atoms with Crippen molar-refractivity contribution in [2.45, 2.75) is 18.5 Å². The Balaban J connectivity index is 1.58. The molecule has 3 amide bonds. The number of hydrogen-bond donors (Lipinski definition) is 3. The highest BCUT2D eigenvalue weighted by molar-refractivity contribution is 6.25. The SMILES string of the molecule is CC(=O)Oc1ccc(N2C(=O)C3C(CO)NC4(C(=O)Nc5ccccc54)C3C2=O)cc1. The molecule has 0 saturated carbocycles. The molecule has 0 radical (unpaired) electrons. The summed E-state index contributed by atoms with van der Waals surface area (Å²) in [4.78, 5) is 52.2. The fraction of sp³-hybridized carbons (Fsp3) is 0.273. The van der Waals surface area contributed by atoms with Crippen molar-refractivity contribution in [3.63, 3.8) is 0 Å². The Morgan fingerprint density at radius 2 is 1.81 bits per heavy atom. The van der Waals surface area contributed by atoms with Gasteiger partial charge in [-0.25, -0.2) is 4.90 Å². The average Bonchev–Trinajstić information content (AvgIpc) is 3.33. The Hall–Kier alpha value is -3.56. The van der Waals surface area contributed by atoms with E-state index in [1.807, 2.05) is 0 Å². The predicted octanol–water partition coefficient (Wildman–Crippen LogP) is 0.529. The molecule has 5 rings (SSSR count). The van der Waals surface area contributed by atoms with Gasteiger partial charge in [-0.3, -0.25) is 24.5 Å². The molecule has 9 heteroatoms. The summed E-state index contributed by atoms with van der Waals surface area (Å²) < 4.78 is 5.00. The first-order chi connectivity index (χ1) is 14.9. The number of nitrogens with one attached hydrogen (secondary N) is 2. The van der Waals surface area contributed by atoms with Crippen LogP contribution >= 0.6 is 0 Å². The largest absolute Gasteiger partial charge is 0.427 e. The van der Waals surface area contributed by atoms with Crippen molar-refractivity contribution in [1.82, 2.24) is 5.32 Å². The van der Waals surface area contributed by atoms with E-state index in [1.54, 1.807) is 24.3 Å². The lowest BCUT2D eigenvalue weighted by Crippen LogP contribution is -2.53. The number of rotatable bonds is 3. The molecule has 2 aromatic carbocycles. The number of carbonyl (C=O) groups excluding carboxylic acids is 4. The lowest BCUT2D eigenvalue weighted by Gasteiger charge is -2.29. The van der Waals surface area contributed by atoms with E-state index in [0.29, 0.717) is 16.9 Å². The zero-order valence-electron chi connectivity index (χ0n) is 16.5. The summed E-state index contributed by atoms with van der Waals surface area (Å²) in [5.41, 5.74) is 0.0214. The molecule has 9 nitrogen and oxygen atoms in total. The number of ether oxygens (including phenoxy) is 1. The number of nitrogens with zero attached hydrogens (tertiary/aromatic N) is 1. The smallest absolute Gasteiger partial charge is 0.308 e. The van der Waals surface area contributed by atoms with E-state index in [9.17, 15) is 24.3 Å². The lowest BCUT2D eigenvalue weighted by atomic mass is 9.76. The number of aliphatic hydroxyl groups excluding tert-OH is 1. The van der Waals surface area contributed by atoms with Crippen molar-refractivity contribution in [2.24, 2.45) is 11.8 Å². The van der Waals surface area contributed by atoms with Crippen molar-refractivity contribution in [3.05, 3.63) is 54.1 Å². The van der Waals surface area contributed by atoms with Gasteiger partial charge in [0, 0.05) is 24.2 Å². The van der Waals surface area contributed by atoms with Crippen LogP contribution < -0.4 is 20.3 Å². The maximum atomic E-state index is 13.6. The third kappa shape index (κ3) is 2.57. The predicted molar refractivity (Wildman–Crippen MR) is 108 cm³/mol. The summed E-state index contributed by atoms with van der Waals surface area (Å²) in [5, 5.41) is 15.8. The standard InChI is InChI=1S/C22H19N3O6/c1-11(27)31-13-8-6-12(7-9-13)25-19(28)17-16(10-26)24-22(18(17)20(25)29)14-4-2-3-5-15(14)23-21(22)30/h2-9,16-18,24,26H,10H2,1H3,(H,23,30). The molecule has 3 N–H and O–H groups in total. The minimum absolute atomic E-state index is 0.283. The van der Waals surface area contributed by atoms with Gasteiger partial charge in [0.1, 0.15) is 11.3 Å². The van der Waals surface area contributed by atoms with Crippen LogP contribution in [0.4, 0.5) is 11.4 Å². The Bertz CT molecular complexity index is 1130. The van der Waals surface area contributed by atoms with Crippen LogP contribution in [0.25, 0.3) is 0 Å². The minimum atomic E-state index is -1.44. The van der Waals surface area contributed by atoms with E-state index in [0.717, 1.165) is 4.90 Å². The summed E-state index contributed by atoms with van der Waals surface area (Å²) in [7, 11) is 0. The van der Waals surface area contributed by atoms with Crippen LogP contribution in [0.5, 0.6) is 5.75 Å². The number of para-hydroxylation sites is 1. The Kier molecular flexibility index (Phi) is 4.21. The Morgan fingerprint density at radius 1 is 1.10 bits per heavy atom. The molecule has 2 aromatic rings. The molecule has 0 aromatic heterocycles. The molecule has 2 saturated heterocycles. The van der Waals surface area contributed by atoms with E-state index in [1.165, 1.54) is 31.2 Å². The molecule has 3 aliphatic rings. The molecule has 1 spiro atoms. The number of aliphatic hydroxyl groups is 1. The topological polar surface area (TPSA) is 125 Å². The second-order valence-corrected chi connectivity index (χ2v) is 7.84. The molecule has 158 valence electrons. The molecule has 3 aliphatic heterocycles. The van der Waals surface area contributed by atoms with E-state index in [2.05, 4.69) is 10.6 Å². The number of esters is 1. The molecule has 3 heterocycles. The lowest BCUT2D eigenvalue weighted by molar-refractivity contribution is -0.132. The zero-order chi connectivity index (χ0) is 21.9. The second-order valence-electron chi connectivity index (χ2n) is 7.84. The van der Waals surface area contributed by atoms with Gasteiger partial charge in [-0.1, -0.05) is 18.2 Å². The van der Waals surface area contributed by atoms with Gasteiger partial charge in [0.15, 0.2) is 0 Å². The van der Waals surface area contributed by atoms with E-state index in [-0.39, 0.29) is 5.75 Å². The third-order valence-electron chi connectivity index (χ3n) is 6.18. The van der Waals surface area contributed by atoms with Crippen molar-refractivity contribution < 1.29 is 29.0 Å². The third-order valence-corrected chi connectivity index (χ3v) is 6.18. The summed E-state index contributed by atoms with van der Waals surface area (Å²) in [6.07, 6.45) is 0. The fourth-order valence-electron chi connectivity index (χ4n) is 5.00. The van der Waals surface area contributed by atoms with Gasteiger partial charge in [0.05, 0.1) is 24.1 Å². The second kappa shape index (κ2) is 6.73. The minimum Gasteiger partial charge on any atom is -0.427 e. The molecule has 0 aliphatic carbocycles. The molecule has 4 atom stereocenters. The highest BCUT2D eigenvalue weighted by Crippen LogP contribution is 2.53.